The average Bonchev–Trinajstić information content (AvgIpc) is 3.79. The molecule has 2 heterocycles. The monoisotopic (exact) mass is 902 g/mol. The number of rotatable bonds is 16. The van der Waals surface area contributed by atoms with Crippen molar-refractivity contribution in [3.8, 4) is 23.0 Å². The van der Waals surface area contributed by atoms with Crippen LogP contribution in [0.15, 0.2) is 84.9 Å². The summed E-state index contributed by atoms with van der Waals surface area (Å²) in [5, 5.41) is 24.9. The highest BCUT2D eigenvalue weighted by Crippen LogP contribution is 2.48. The fourth-order valence-electron chi connectivity index (χ4n) is 10.4. The molecule has 0 radical (unpaired) electrons. The van der Waals surface area contributed by atoms with Crippen molar-refractivity contribution in [3.05, 3.63) is 84.9 Å². The molecule has 6 aromatic rings. The Morgan fingerprint density at radius 2 is 0.939 bits per heavy atom. The predicted molar refractivity (Wildman–Crippen MR) is 259 cm³/mol. The van der Waals surface area contributed by atoms with Crippen LogP contribution in [0.5, 0.6) is 23.0 Å². The number of hydrogen-bond acceptors (Lipinski definition) is 10. The van der Waals surface area contributed by atoms with E-state index in [0.29, 0.717) is 48.6 Å². The van der Waals surface area contributed by atoms with Gasteiger partial charge in [-0.3, -0.25) is 0 Å². The number of carboxylic acids is 2. The van der Waals surface area contributed by atoms with E-state index in [0.717, 1.165) is 82.5 Å². The number of nitrogens with zero attached hydrogens (tertiary/aromatic N) is 4. The molecular formula is C52H66N6O8. The van der Waals surface area contributed by atoms with E-state index in [-0.39, 0.29) is 24.0 Å². The minimum Gasteiger partial charge on any atom is -0.494 e. The molecule has 4 atom stereocenters. The Labute approximate surface area is 387 Å². The molecule has 2 aliphatic carbocycles. The summed E-state index contributed by atoms with van der Waals surface area (Å²) >= 11 is 0. The third-order valence-corrected chi connectivity index (χ3v) is 12.3. The summed E-state index contributed by atoms with van der Waals surface area (Å²) in [7, 11) is 0. The number of carbonyl (C=O) groups is 2. The van der Waals surface area contributed by atoms with Crippen LogP contribution in [0.4, 0.5) is 23.3 Å². The molecule has 0 aliphatic heterocycles. The van der Waals surface area contributed by atoms with Crippen molar-refractivity contribution in [1.29, 1.82) is 0 Å². The summed E-state index contributed by atoms with van der Waals surface area (Å²) in [6.07, 6.45) is 6.74. The number of fused-ring (bicyclic) bond motifs is 2. The fourth-order valence-corrected chi connectivity index (χ4v) is 10.4. The zero-order valence-electron chi connectivity index (χ0n) is 39.6. The van der Waals surface area contributed by atoms with Crippen LogP contribution in [0.3, 0.4) is 0 Å². The number of aromatic nitrogens is 4. The minimum absolute atomic E-state index is 0.250. The number of benzene rings is 4. The van der Waals surface area contributed by atoms with Gasteiger partial charge in [-0.25, -0.2) is 19.6 Å². The second-order valence-corrected chi connectivity index (χ2v) is 19.6. The summed E-state index contributed by atoms with van der Waals surface area (Å²) in [6, 6.07) is 27.6. The summed E-state index contributed by atoms with van der Waals surface area (Å²) in [5.41, 5.74) is 5.95. The van der Waals surface area contributed by atoms with Crippen molar-refractivity contribution in [2.75, 3.05) is 37.1 Å². The fraction of sp³-hybridized carbons (Fsp3) is 0.462. The van der Waals surface area contributed by atoms with Crippen LogP contribution in [0.25, 0.3) is 22.1 Å². The van der Waals surface area contributed by atoms with E-state index < -0.39 is 11.9 Å². The van der Waals surface area contributed by atoms with Crippen LogP contribution in [0, 0.1) is 22.7 Å². The Morgan fingerprint density at radius 1 is 0.576 bits per heavy atom. The van der Waals surface area contributed by atoms with E-state index in [2.05, 4.69) is 61.3 Å². The van der Waals surface area contributed by atoms with E-state index >= 15 is 0 Å². The number of hydrogen-bond donors (Lipinski definition) is 4. The molecule has 2 aliphatic rings. The first kappa shape index (κ1) is 47.5. The number of nitrogens with one attached hydrogen (secondary N) is 2. The average molecular weight is 903 g/mol. The molecule has 0 saturated heterocycles. The van der Waals surface area contributed by atoms with Crippen LogP contribution in [-0.4, -0.2) is 67.7 Å². The van der Waals surface area contributed by atoms with Crippen molar-refractivity contribution in [1.82, 2.24) is 19.1 Å². The third-order valence-electron chi connectivity index (χ3n) is 12.3. The molecule has 0 amide bonds. The maximum atomic E-state index is 10.9. The van der Waals surface area contributed by atoms with Gasteiger partial charge in [0.05, 0.1) is 35.3 Å². The summed E-state index contributed by atoms with van der Waals surface area (Å²) in [4.78, 5) is 31.6. The molecular weight excluding hydrogens is 837 g/mol. The molecule has 2 fully saturated rings. The Balaban J connectivity index is 0.000000196. The maximum Gasteiger partial charge on any atom is 0.341 e. The standard InChI is InChI=1S/2C26H33N3O4/c2*1-5-32-20-8-6-18(7-9-20)27-25-28-22-13-21(33-16-24(30)31)10-11-23(22)29(25)19-12-17(2)14-26(3,4)15-19/h2*6-11,13,17,19H,5,12,14-16H2,1-4H3,(H,27,28)(H,30,31)/t2*17-,19+/m10/s1. The maximum absolute atomic E-state index is 10.9. The van der Waals surface area contributed by atoms with E-state index in [1.54, 1.807) is 0 Å². The van der Waals surface area contributed by atoms with Crippen LogP contribution < -0.4 is 29.6 Å². The highest BCUT2D eigenvalue weighted by Gasteiger charge is 2.36. The van der Waals surface area contributed by atoms with E-state index in [4.69, 9.17) is 39.1 Å². The first-order chi connectivity index (χ1) is 31.5. The Kier molecular flexibility index (Phi) is 14.7. The molecule has 66 heavy (non-hydrogen) atoms. The highest BCUT2D eigenvalue weighted by atomic mass is 16.5. The largest absolute Gasteiger partial charge is 0.494 e. The number of imidazole rings is 2. The van der Waals surface area contributed by atoms with Gasteiger partial charge < -0.3 is 48.9 Å². The van der Waals surface area contributed by atoms with Crippen molar-refractivity contribution >= 4 is 57.3 Å². The third kappa shape index (κ3) is 12.1. The van der Waals surface area contributed by atoms with Crippen molar-refractivity contribution in [2.45, 2.75) is 106 Å². The molecule has 14 heteroatoms. The lowest BCUT2D eigenvalue weighted by Gasteiger charge is -2.40. The van der Waals surface area contributed by atoms with Gasteiger partial charge in [0.15, 0.2) is 13.2 Å². The first-order valence-electron chi connectivity index (χ1n) is 23.2. The van der Waals surface area contributed by atoms with Gasteiger partial charge in [-0.15, -0.1) is 0 Å². The van der Waals surface area contributed by atoms with Gasteiger partial charge in [0, 0.05) is 35.6 Å². The Bertz CT molecular complexity index is 2420. The zero-order chi connectivity index (χ0) is 47.2. The van der Waals surface area contributed by atoms with Crippen molar-refractivity contribution < 1.29 is 38.7 Å². The van der Waals surface area contributed by atoms with Gasteiger partial charge in [-0.05, 0) is 148 Å². The number of anilines is 4. The molecule has 352 valence electrons. The molecule has 2 saturated carbocycles. The number of carboxylic acid groups (broad SMARTS) is 2. The van der Waals surface area contributed by atoms with E-state index in [9.17, 15) is 9.59 Å². The quantitative estimate of drug-likeness (QED) is 0.0726. The Hall–Kier alpha value is -6.44. The lowest BCUT2D eigenvalue weighted by molar-refractivity contribution is -0.140. The van der Waals surface area contributed by atoms with Crippen molar-refractivity contribution in [2.24, 2.45) is 22.7 Å². The normalized spacial score (nSPS) is 19.9. The molecule has 4 aromatic carbocycles. The molecule has 8 rings (SSSR count). The van der Waals surface area contributed by atoms with Crippen molar-refractivity contribution in [3.63, 3.8) is 0 Å². The molecule has 0 unspecified atom stereocenters. The van der Waals surface area contributed by atoms with E-state index in [1.807, 2.05) is 98.8 Å². The van der Waals surface area contributed by atoms with Gasteiger partial charge in [-0.1, -0.05) is 41.5 Å². The molecule has 0 bridgehead atoms. The molecule has 0 spiro atoms. The lowest BCUT2D eigenvalue weighted by atomic mass is 9.70. The van der Waals surface area contributed by atoms with E-state index in [1.165, 1.54) is 12.8 Å². The first-order valence-corrected chi connectivity index (χ1v) is 23.2. The second kappa shape index (κ2) is 20.4. The Morgan fingerprint density at radius 3 is 1.27 bits per heavy atom. The SMILES string of the molecule is CCOc1ccc(Nc2nc3cc(OCC(=O)O)ccc3n2[C@@H]2C[C@H](C)CC(C)(C)C2)cc1.CCOc1ccc(Nc2nc3cc(OCC(=O)O)ccc3n2[C@H]2C[C@@H](C)CC(C)(C)C2)cc1. The van der Waals surface area contributed by atoms with Crippen LogP contribution in [0.2, 0.25) is 0 Å². The number of ether oxygens (including phenoxy) is 4. The highest BCUT2D eigenvalue weighted by molar-refractivity contribution is 5.83. The second-order valence-electron chi connectivity index (χ2n) is 19.6. The minimum atomic E-state index is -1.00. The van der Waals surface area contributed by atoms with Crippen LogP contribution in [0.1, 0.15) is 106 Å². The summed E-state index contributed by atoms with van der Waals surface area (Å²) in [5.74, 6) is 3.45. The molecule has 4 N–H and O–H groups in total. The van der Waals surface area contributed by atoms with Crippen LogP contribution >= 0.6 is 0 Å². The molecule has 14 nitrogen and oxygen atoms in total. The predicted octanol–water partition coefficient (Wildman–Crippen LogP) is 12.1. The topological polar surface area (TPSA) is 171 Å². The van der Waals surface area contributed by atoms with Gasteiger partial charge in [-0.2, -0.15) is 0 Å². The summed E-state index contributed by atoms with van der Waals surface area (Å²) in [6.45, 7) is 18.4. The van der Waals surface area contributed by atoms with Gasteiger partial charge in [0.1, 0.15) is 23.0 Å². The number of aliphatic carboxylic acids is 2. The van der Waals surface area contributed by atoms with Gasteiger partial charge in [0.25, 0.3) is 0 Å². The molecule has 2 aromatic heterocycles. The smallest absolute Gasteiger partial charge is 0.341 e. The lowest BCUT2D eigenvalue weighted by Crippen LogP contribution is -2.29. The summed E-state index contributed by atoms with van der Waals surface area (Å²) < 4.78 is 26.5. The zero-order valence-corrected chi connectivity index (χ0v) is 39.6. The van der Waals surface area contributed by atoms with Gasteiger partial charge >= 0.3 is 11.9 Å². The van der Waals surface area contributed by atoms with Gasteiger partial charge in [0.2, 0.25) is 11.9 Å². The van der Waals surface area contributed by atoms with Crippen LogP contribution in [-0.2, 0) is 9.59 Å².